The second-order valence-electron chi connectivity index (χ2n) is 5.33. The average molecular weight is 245 g/mol. The molecule has 0 heterocycles. The molecule has 0 spiro atoms. The maximum absolute atomic E-state index is 5.68. The zero-order chi connectivity index (χ0) is 12.8. The summed E-state index contributed by atoms with van der Waals surface area (Å²) in [4.78, 5) is 0. The van der Waals surface area contributed by atoms with Crippen LogP contribution < -0.4 is 10.1 Å². The minimum absolute atomic E-state index is 0.311. The molecule has 98 valence electrons. The first-order valence-corrected chi connectivity index (χ1v) is 6.80. The van der Waals surface area contributed by atoms with Crippen LogP contribution in [0, 0.1) is 0 Å². The van der Waals surface area contributed by atoms with E-state index in [1.54, 1.807) is 6.08 Å². The third-order valence-corrected chi connectivity index (χ3v) is 3.74. The quantitative estimate of drug-likeness (QED) is 0.772. The smallest absolute Gasteiger partial charge is 0.124 e. The molecule has 2 rings (SSSR count). The molecular formula is C16H23NO. The molecule has 2 heteroatoms. The van der Waals surface area contributed by atoms with Crippen LogP contribution in [0.4, 0.5) is 0 Å². The lowest BCUT2D eigenvalue weighted by Gasteiger charge is -2.26. The van der Waals surface area contributed by atoms with Gasteiger partial charge in [-0.2, -0.15) is 0 Å². The van der Waals surface area contributed by atoms with E-state index in [0.717, 1.165) is 12.3 Å². The molecule has 0 unspecified atom stereocenters. The normalized spacial score (nSPS) is 17.6. The van der Waals surface area contributed by atoms with E-state index in [2.05, 4.69) is 31.0 Å². The molecule has 0 aliphatic heterocycles. The molecule has 0 radical (unpaired) electrons. The second kappa shape index (κ2) is 6.05. The van der Waals surface area contributed by atoms with Crippen LogP contribution in [0.2, 0.25) is 0 Å². The average Bonchev–Trinajstić information content (AvgIpc) is 2.82. The molecule has 1 saturated carbocycles. The first-order chi connectivity index (χ1) is 8.73. The summed E-state index contributed by atoms with van der Waals surface area (Å²) in [6.45, 7) is 7.45. The molecule has 1 aromatic carbocycles. The third-order valence-electron chi connectivity index (χ3n) is 3.74. The minimum atomic E-state index is 0.311. The first-order valence-electron chi connectivity index (χ1n) is 6.80. The van der Waals surface area contributed by atoms with Crippen LogP contribution in [0.1, 0.15) is 38.2 Å². The van der Waals surface area contributed by atoms with Crippen molar-refractivity contribution in [2.75, 3.05) is 6.61 Å². The van der Waals surface area contributed by atoms with Gasteiger partial charge in [0.1, 0.15) is 12.4 Å². The lowest BCUT2D eigenvalue weighted by Crippen LogP contribution is -2.38. The Labute approximate surface area is 110 Å². The number of rotatable bonds is 6. The minimum Gasteiger partial charge on any atom is -0.489 e. The van der Waals surface area contributed by atoms with Crippen molar-refractivity contribution in [3.63, 3.8) is 0 Å². The Morgan fingerprint density at radius 2 is 2.06 bits per heavy atom. The standard InChI is InChI=1S/C16H23NO/c1-3-12-18-15-9-5-4-8-14(15)13-17-16(2)10-6-7-11-16/h3-5,8-9,17H,1,6-7,10-13H2,2H3. The topological polar surface area (TPSA) is 21.3 Å². The Balaban J connectivity index is 1.97. The van der Waals surface area contributed by atoms with Gasteiger partial charge in [0.25, 0.3) is 0 Å². The van der Waals surface area contributed by atoms with Crippen molar-refractivity contribution in [1.82, 2.24) is 5.32 Å². The van der Waals surface area contributed by atoms with Gasteiger partial charge >= 0.3 is 0 Å². The number of benzene rings is 1. The summed E-state index contributed by atoms with van der Waals surface area (Å²) >= 11 is 0. The lowest BCUT2D eigenvalue weighted by atomic mass is 10.0. The molecule has 18 heavy (non-hydrogen) atoms. The SMILES string of the molecule is C=CCOc1ccccc1CNC1(C)CCCC1. The van der Waals surface area contributed by atoms with Crippen molar-refractivity contribution in [3.05, 3.63) is 42.5 Å². The molecule has 0 amide bonds. The van der Waals surface area contributed by atoms with E-state index in [1.165, 1.54) is 31.2 Å². The zero-order valence-corrected chi connectivity index (χ0v) is 11.2. The third kappa shape index (κ3) is 3.36. The fourth-order valence-electron chi connectivity index (χ4n) is 2.58. The maximum atomic E-state index is 5.68. The molecule has 2 nitrogen and oxygen atoms in total. The second-order valence-corrected chi connectivity index (χ2v) is 5.33. The largest absolute Gasteiger partial charge is 0.489 e. The number of nitrogens with one attached hydrogen (secondary N) is 1. The molecule has 0 bridgehead atoms. The van der Waals surface area contributed by atoms with Gasteiger partial charge in [0.05, 0.1) is 0 Å². The molecular weight excluding hydrogens is 222 g/mol. The van der Waals surface area contributed by atoms with E-state index in [-0.39, 0.29) is 0 Å². The Bertz CT molecular complexity index is 394. The first kappa shape index (κ1) is 13.2. The van der Waals surface area contributed by atoms with Gasteiger partial charge in [0.15, 0.2) is 0 Å². The van der Waals surface area contributed by atoms with E-state index < -0.39 is 0 Å². The van der Waals surface area contributed by atoms with Crippen LogP contribution in [0.3, 0.4) is 0 Å². The van der Waals surface area contributed by atoms with E-state index in [9.17, 15) is 0 Å². The van der Waals surface area contributed by atoms with Crippen LogP contribution in [0.25, 0.3) is 0 Å². The maximum Gasteiger partial charge on any atom is 0.124 e. The van der Waals surface area contributed by atoms with Gasteiger partial charge in [-0.25, -0.2) is 0 Å². The summed E-state index contributed by atoms with van der Waals surface area (Å²) < 4.78 is 5.68. The Morgan fingerprint density at radius 3 is 2.78 bits per heavy atom. The Kier molecular flexibility index (Phi) is 4.43. The summed E-state index contributed by atoms with van der Waals surface area (Å²) in [6, 6.07) is 8.23. The highest BCUT2D eigenvalue weighted by Gasteiger charge is 2.27. The van der Waals surface area contributed by atoms with E-state index in [4.69, 9.17) is 4.74 Å². The van der Waals surface area contributed by atoms with Crippen LogP contribution in [0.15, 0.2) is 36.9 Å². The molecule has 1 aliphatic rings. The molecule has 1 aromatic rings. The zero-order valence-electron chi connectivity index (χ0n) is 11.2. The van der Waals surface area contributed by atoms with Crippen molar-refractivity contribution in [2.24, 2.45) is 0 Å². The molecule has 1 N–H and O–H groups in total. The fourth-order valence-corrected chi connectivity index (χ4v) is 2.58. The summed E-state index contributed by atoms with van der Waals surface area (Å²) in [7, 11) is 0. The van der Waals surface area contributed by atoms with Crippen molar-refractivity contribution in [1.29, 1.82) is 0 Å². The summed E-state index contributed by atoms with van der Waals surface area (Å²) in [5.74, 6) is 0.964. The van der Waals surface area contributed by atoms with Gasteiger partial charge in [0.2, 0.25) is 0 Å². The van der Waals surface area contributed by atoms with Gasteiger partial charge in [-0.05, 0) is 25.8 Å². The van der Waals surface area contributed by atoms with Gasteiger partial charge < -0.3 is 10.1 Å². The van der Waals surface area contributed by atoms with Gasteiger partial charge in [0, 0.05) is 17.6 Å². The number of para-hydroxylation sites is 1. The summed E-state index contributed by atoms with van der Waals surface area (Å²) in [5, 5.41) is 3.69. The Hall–Kier alpha value is -1.28. The van der Waals surface area contributed by atoms with Gasteiger partial charge in [-0.1, -0.05) is 43.7 Å². The Morgan fingerprint density at radius 1 is 1.33 bits per heavy atom. The number of ether oxygens (including phenoxy) is 1. The predicted molar refractivity (Wildman–Crippen MR) is 75.8 cm³/mol. The highest BCUT2D eigenvalue weighted by molar-refractivity contribution is 5.33. The van der Waals surface area contributed by atoms with Crippen LogP contribution in [0.5, 0.6) is 5.75 Å². The lowest BCUT2D eigenvalue weighted by molar-refractivity contribution is 0.340. The molecule has 0 aromatic heterocycles. The van der Waals surface area contributed by atoms with Crippen LogP contribution >= 0.6 is 0 Å². The van der Waals surface area contributed by atoms with E-state index in [1.807, 2.05) is 12.1 Å². The van der Waals surface area contributed by atoms with Crippen LogP contribution in [-0.2, 0) is 6.54 Å². The van der Waals surface area contributed by atoms with Gasteiger partial charge in [-0.3, -0.25) is 0 Å². The van der Waals surface area contributed by atoms with Crippen molar-refractivity contribution < 1.29 is 4.74 Å². The van der Waals surface area contributed by atoms with Crippen molar-refractivity contribution >= 4 is 0 Å². The van der Waals surface area contributed by atoms with Gasteiger partial charge in [-0.15, -0.1) is 0 Å². The summed E-state index contributed by atoms with van der Waals surface area (Å²) in [5.41, 5.74) is 1.54. The highest BCUT2D eigenvalue weighted by Crippen LogP contribution is 2.29. The predicted octanol–water partition coefficient (Wildman–Crippen LogP) is 3.67. The van der Waals surface area contributed by atoms with Crippen LogP contribution in [-0.4, -0.2) is 12.1 Å². The monoisotopic (exact) mass is 245 g/mol. The van der Waals surface area contributed by atoms with Crippen molar-refractivity contribution in [2.45, 2.75) is 44.7 Å². The number of hydrogen-bond acceptors (Lipinski definition) is 2. The van der Waals surface area contributed by atoms with Crippen molar-refractivity contribution in [3.8, 4) is 5.75 Å². The number of hydrogen-bond donors (Lipinski definition) is 1. The van der Waals surface area contributed by atoms with E-state index >= 15 is 0 Å². The summed E-state index contributed by atoms with van der Waals surface area (Å²) in [6.07, 6.45) is 7.03. The molecule has 0 atom stereocenters. The molecule has 0 saturated heterocycles. The molecule has 1 aliphatic carbocycles. The highest BCUT2D eigenvalue weighted by atomic mass is 16.5. The van der Waals surface area contributed by atoms with E-state index in [0.29, 0.717) is 12.1 Å². The molecule has 1 fully saturated rings. The fraction of sp³-hybridized carbons (Fsp3) is 0.500.